The zero-order valence-corrected chi connectivity index (χ0v) is 14.6. The van der Waals surface area contributed by atoms with Gasteiger partial charge in [0.25, 0.3) is 5.91 Å². The van der Waals surface area contributed by atoms with Crippen LogP contribution in [0.3, 0.4) is 0 Å². The fourth-order valence-electron chi connectivity index (χ4n) is 3.52. The van der Waals surface area contributed by atoms with E-state index in [1.165, 1.54) is 11.1 Å². The van der Waals surface area contributed by atoms with Gasteiger partial charge in [-0.15, -0.1) is 0 Å². The summed E-state index contributed by atoms with van der Waals surface area (Å²) in [4.78, 5) is 14.9. The molecule has 1 heterocycles. The summed E-state index contributed by atoms with van der Waals surface area (Å²) in [7, 11) is 0. The highest BCUT2D eigenvalue weighted by molar-refractivity contribution is 5.94. The van der Waals surface area contributed by atoms with Crippen LogP contribution in [0.25, 0.3) is 11.1 Å². The molecule has 26 heavy (non-hydrogen) atoms. The number of phenols is 1. The average molecular weight is 343 g/mol. The van der Waals surface area contributed by atoms with Gasteiger partial charge in [0, 0.05) is 18.7 Å². The molecule has 3 heteroatoms. The Bertz CT molecular complexity index is 914. The van der Waals surface area contributed by atoms with Gasteiger partial charge in [0.1, 0.15) is 5.75 Å². The average Bonchev–Trinajstić information content (AvgIpc) is 2.91. The van der Waals surface area contributed by atoms with Crippen LogP contribution >= 0.6 is 0 Å². The lowest BCUT2D eigenvalue weighted by atomic mass is 10.0. The van der Waals surface area contributed by atoms with E-state index in [9.17, 15) is 9.90 Å². The van der Waals surface area contributed by atoms with Crippen LogP contribution < -0.4 is 0 Å². The molecule has 130 valence electrons. The zero-order chi connectivity index (χ0) is 17.9. The third-order valence-corrected chi connectivity index (χ3v) is 4.97. The number of aryl methyl sites for hydroxylation is 1. The summed E-state index contributed by atoms with van der Waals surface area (Å²) in [5.74, 6) is 0.334. The van der Waals surface area contributed by atoms with Gasteiger partial charge in [0.15, 0.2) is 0 Å². The number of amides is 1. The molecule has 0 bridgehead atoms. The van der Waals surface area contributed by atoms with E-state index in [0.717, 1.165) is 30.5 Å². The molecule has 0 saturated carbocycles. The summed E-state index contributed by atoms with van der Waals surface area (Å²) >= 11 is 0. The highest BCUT2D eigenvalue weighted by atomic mass is 16.3. The van der Waals surface area contributed by atoms with Crippen LogP contribution in [0.1, 0.15) is 27.9 Å². The molecule has 1 amide bonds. The van der Waals surface area contributed by atoms with Gasteiger partial charge < -0.3 is 10.0 Å². The van der Waals surface area contributed by atoms with Crippen molar-refractivity contribution in [3.8, 4) is 16.9 Å². The normalized spacial score (nSPS) is 13.8. The standard InChI is InChI=1S/C23H21NO2/c25-22-13-11-19(12-14-22)18-7-9-20(10-8-18)23(26)24-15-3-6-17-4-1-2-5-21(17)16-24/h1-2,4-5,7-14,25H,3,6,15-16H2. The second-order valence-electron chi connectivity index (χ2n) is 6.72. The van der Waals surface area contributed by atoms with Crippen LogP contribution in [0, 0.1) is 0 Å². The van der Waals surface area contributed by atoms with Crippen LogP contribution in [0.4, 0.5) is 0 Å². The van der Waals surface area contributed by atoms with Gasteiger partial charge in [-0.2, -0.15) is 0 Å². The Labute approximate surface area is 153 Å². The molecule has 0 atom stereocenters. The molecule has 0 aromatic heterocycles. The van der Waals surface area contributed by atoms with Crippen molar-refractivity contribution >= 4 is 5.91 Å². The fourth-order valence-corrected chi connectivity index (χ4v) is 3.52. The van der Waals surface area contributed by atoms with Crippen LogP contribution in [0.15, 0.2) is 72.8 Å². The Morgan fingerprint density at radius 1 is 0.808 bits per heavy atom. The van der Waals surface area contributed by atoms with Gasteiger partial charge in [-0.25, -0.2) is 0 Å². The highest BCUT2D eigenvalue weighted by Crippen LogP contribution is 2.24. The van der Waals surface area contributed by atoms with E-state index in [-0.39, 0.29) is 11.7 Å². The smallest absolute Gasteiger partial charge is 0.254 e. The fraction of sp³-hybridized carbons (Fsp3) is 0.174. The van der Waals surface area contributed by atoms with E-state index in [1.54, 1.807) is 12.1 Å². The summed E-state index contributed by atoms with van der Waals surface area (Å²) < 4.78 is 0. The predicted molar refractivity (Wildman–Crippen MR) is 103 cm³/mol. The lowest BCUT2D eigenvalue weighted by molar-refractivity contribution is 0.0746. The first-order valence-electron chi connectivity index (χ1n) is 8.96. The molecule has 1 aliphatic heterocycles. The number of aromatic hydroxyl groups is 1. The number of carbonyl (C=O) groups is 1. The van der Waals surface area contributed by atoms with Gasteiger partial charge in [0.05, 0.1) is 0 Å². The number of phenolic OH excluding ortho intramolecular Hbond substituents is 1. The zero-order valence-electron chi connectivity index (χ0n) is 14.6. The molecular weight excluding hydrogens is 322 g/mol. The van der Waals surface area contributed by atoms with Crippen molar-refractivity contribution in [3.05, 3.63) is 89.5 Å². The van der Waals surface area contributed by atoms with Crippen molar-refractivity contribution in [2.24, 2.45) is 0 Å². The lowest BCUT2D eigenvalue weighted by Crippen LogP contribution is -2.30. The maximum atomic E-state index is 12.9. The molecule has 0 aliphatic carbocycles. The molecule has 0 radical (unpaired) electrons. The summed E-state index contributed by atoms with van der Waals surface area (Å²) in [6.45, 7) is 1.46. The minimum atomic E-state index is 0.0824. The Morgan fingerprint density at radius 3 is 2.12 bits per heavy atom. The maximum absolute atomic E-state index is 12.9. The SMILES string of the molecule is O=C(c1ccc(-c2ccc(O)cc2)cc1)N1CCCc2ccccc2C1. The third kappa shape index (κ3) is 3.33. The summed E-state index contributed by atoms with van der Waals surface area (Å²) in [5.41, 5.74) is 5.37. The number of carbonyl (C=O) groups excluding carboxylic acids is 1. The van der Waals surface area contributed by atoms with E-state index in [0.29, 0.717) is 12.1 Å². The Hall–Kier alpha value is -3.07. The molecule has 1 N–H and O–H groups in total. The van der Waals surface area contributed by atoms with E-state index >= 15 is 0 Å². The first-order valence-corrected chi connectivity index (χ1v) is 8.96. The van der Waals surface area contributed by atoms with E-state index < -0.39 is 0 Å². The van der Waals surface area contributed by atoms with E-state index in [1.807, 2.05) is 47.4 Å². The van der Waals surface area contributed by atoms with Crippen molar-refractivity contribution in [3.63, 3.8) is 0 Å². The minimum Gasteiger partial charge on any atom is -0.508 e. The topological polar surface area (TPSA) is 40.5 Å². The van der Waals surface area contributed by atoms with E-state index in [2.05, 4.69) is 18.2 Å². The number of fused-ring (bicyclic) bond motifs is 1. The van der Waals surface area contributed by atoms with Crippen LogP contribution in [0.5, 0.6) is 5.75 Å². The summed E-state index contributed by atoms with van der Waals surface area (Å²) in [6.07, 6.45) is 2.02. The lowest BCUT2D eigenvalue weighted by Gasteiger charge is -2.21. The number of nitrogens with zero attached hydrogens (tertiary/aromatic N) is 1. The number of benzene rings is 3. The molecule has 0 saturated heterocycles. The predicted octanol–water partition coefficient (Wildman–Crippen LogP) is 4.65. The molecule has 0 unspecified atom stereocenters. The second-order valence-corrected chi connectivity index (χ2v) is 6.72. The van der Waals surface area contributed by atoms with Gasteiger partial charge in [-0.3, -0.25) is 4.79 Å². The van der Waals surface area contributed by atoms with Crippen molar-refractivity contribution in [2.45, 2.75) is 19.4 Å². The third-order valence-electron chi connectivity index (χ3n) is 4.97. The molecule has 3 aromatic rings. The molecule has 3 nitrogen and oxygen atoms in total. The molecule has 4 rings (SSSR count). The van der Waals surface area contributed by atoms with Gasteiger partial charge >= 0.3 is 0 Å². The van der Waals surface area contributed by atoms with Gasteiger partial charge in [0.2, 0.25) is 0 Å². The van der Waals surface area contributed by atoms with Crippen molar-refractivity contribution in [2.75, 3.05) is 6.54 Å². The van der Waals surface area contributed by atoms with Gasteiger partial charge in [-0.05, 0) is 59.4 Å². The largest absolute Gasteiger partial charge is 0.508 e. The molecule has 3 aromatic carbocycles. The quantitative estimate of drug-likeness (QED) is 0.736. The minimum absolute atomic E-state index is 0.0824. The monoisotopic (exact) mass is 343 g/mol. The van der Waals surface area contributed by atoms with Crippen LogP contribution in [-0.4, -0.2) is 22.5 Å². The van der Waals surface area contributed by atoms with Crippen LogP contribution in [-0.2, 0) is 13.0 Å². The van der Waals surface area contributed by atoms with Gasteiger partial charge in [-0.1, -0.05) is 48.5 Å². The highest BCUT2D eigenvalue weighted by Gasteiger charge is 2.20. The second kappa shape index (κ2) is 7.04. The first-order chi connectivity index (χ1) is 12.7. The van der Waals surface area contributed by atoms with Crippen LogP contribution in [0.2, 0.25) is 0 Å². The first kappa shape index (κ1) is 16.4. The summed E-state index contributed by atoms with van der Waals surface area (Å²) in [6, 6.07) is 23.2. The molecular formula is C23H21NO2. The van der Waals surface area contributed by atoms with Crippen molar-refractivity contribution in [1.82, 2.24) is 4.90 Å². The maximum Gasteiger partial charge on any atom is 0.254 e. The molecule has 0 fully saturated rings. The number of hydrogen-bond donors (Lipinski definition) is 1. The Morgan fingerprint density at radius 2 is 1.42 bits per heavy atom. The summed E-state index contributed by atoms with van der Waals surface area (Å²) in [5, 5.41) is 9.41. The molecule has 0 spiro atoms. The van der Waals surface area contributed by atoms with Crippen molar-refractivity contribution < 1.29 is 9.90 Å². The molecule has 1 aliphatic rings. The number of hydrogen-bond acceptors (Lipinski definition) is 2. The Kier molecular flexibility index (Phi) is 4.44. The van der Waals surface area contributed by atoms with E-state index in [4.69, 9.17) is 0 Å². The van der Waals surface area contributed by atoms with Crippen molar-refractivity contribution in [1.29, 1.82) is 0 Å². The Balaban J connectivity index is 1.54. The number of rotatable bonds is 2.